The van der Waals surface area contributed by atoms with Crippen molar-refractivity contribution in [3.05, 3.63) is 17.8 Å². The second kappa shape index (κ2) is 6.07. The Morgan fingerprint density at radius 3 is 2.72 bits per heavy atom. The van der Waals surface area contributed by atoms with Crippen molar-refractivity contribution in [3.63, 3.8) is 0 Å². The lowest BCUT2D eigenvalue weighted by Gasteiger charge is -2.26. The molecule has 2 rings (SSSR count). The van der Waals surface area contributed by atoms with E-state index in [9.17, 15) is 0 Å². The van der Waals surface area contributed by atoms with Gasteiger partial charge in [-0.3, -0.25) is 0 Å². The van der Waals surface area contributed by atoms with Crippen LogP contribution in [0.15, 0.2) is 12.3 Å². The zero-order valence-electron chi connectivity index (χ0n) is 11.7. The Bertz CT molecular complexity index is 383. The van der Waals surface area contributed by atoms with Crippen LogP contribution in [-0.4, -0.2) is 18.6 Å². The minimum atomic E-state index is 0.747. The van der Waals surface area contributed by atoms with Gasteiger partial charge < -0.3 is 10.6 Å². The maximum Gasteiger partial charge on any atom is 0.131 e. The summed E-state index contributed by atoms with van der Waals surface area (Å²) in [6.45, 7) is 3.18. The highest BCUT2D eigenvalue weighted by molar-refractivity contribution is 5.52. The standard InChI is InChI=1S/C15H25N3/c1-12-10-14(16)11-17-15(12)18(2)9-8-13-6-4-3-5-7-13/h10-11,13H,3-9,16H2,1-2H3. The summed E-state index contributed by atoms with van der Waals surface area (Å²) in [6.07, 6.45) is 10.2. The summed E-state index contributed by atoms with van der Waals surface area (Å²) in [7, 11) is 2.13. The van der Waals surface area contributed by atoms with Gasteiger partial charge in [-0.2, -0.15) is 0 Å². The molecule has 0 bridgehead atoms. The third kappa shape index (κ3) is 3.37. The quantitative estimate of drug-likeness (QED) is 0.887. The fourth-order valence-corrected chi connectivity index (χ4v) is 2.95. The van der Waals surface area contributed by atoms with Crippen LogP contribution in [0.3, 0.4) is 0 Å². The molecule has 1 aromatic heterocycles. The van der Waals surface area contributed by atoms with Crippen LogP contribution in [0.4, 0.5) is 11.5 Å². The topological polar surface area (TPSA) is 42.1 Å². The number of anilines is 2. The van der Waals surface area contributed by atoms with Crippen LogP contribution in [0.25, 0.3) is 0 Å². The van der Waals surface area contributed by atoms with E-state index in [2.05, 4.69) is 23.9 Å². The first kappa shape index (κ1) is 13.2. The molecule has 1 saturated carbocycles. The molecule has 3 nitrogen and oxygen atoms in total. The van der Waals surface area contributed by atoms with Gasteiger partial charge in [0.05, 0.1) is 11.9 Å². The molecule has 0 aromatic carbocycles. The van der Waals surface area contributed by atoms with Crippen LogP contribution in [0, 0.1) is 12.8 Å². The van der Waals surface area contributed by atoms with Gasteiger partial charge in [-0.1, -0.05) is 32.1 Å². The number of nitrogens with two attached hydrogens (primary N) is 1. The minimum Gasteiger partial charge on any atom is -0.397 e. The van der Waals surface area contributed by atoms with Crippen molar-refractivity contribution in [2.45, 2.75) is 45.4 Å². The lowest BCUT2D eigenvalue weighted by Crippen LogP contribution is -2.23. The highest BCUT2D eigenvalue weighted by atomic mass is 15.2. The number of aryl methyl sites for hydroxylation is 1. The van der Waals surface area contributed by atoms with E-state index in [1.54, 1.807) is 6.20 Å². The predicted molar refractivity (Wildman–Crippen MR) is 77.8 cm³/mol. The van der Waals surface area contributed by atoms with E-state index in [0.29, 0.717) is 0 Å². The van der Waals surface area contributed by atoms with E-state index >= 15 is 0 Å². The fourth-order valence-electron chi connectivity index (χ4n) is 2.95. The van der Waals surface area contributed by atoms with Crippen molar-refractivity contribution in [2.75, 3.05) is 24.2 Å². The second-order valence-electron chi connectivity index (χ2n) is 5.62. The molecular weight excluding hydrogens is 222 g/mol. The Kier molecular flexibility index (Phi) is 4.45. The molecule has 100 valence electrons. The number of rotatable bonds is 4. The van der Waals surface area contributed by atoms with Gasteiger partial charge in [0.2, 0.25) is 0 Å². The van der Waals surface area contributed by atoms with Crippen molar-refractivity contribution in [3.8, 4) is 0 Å². The number of nitrogens with zero attached hydrogens (tertiary/aromatic N) is 2. The molecule has 0 saturated heterocycles. The molecule has 0 unspecified atom stereocenters. The Morgan fingerprint density at radius 2 is 2.06 bits per heavy atom. The summed E-state index contributed by atoms with van der Waals surface area (Å²) >= 11 is 0. The second-order valence-corrected chi connectivity index (χ2v) is 5.62. The van der Waals surface area contributed by atoms with Gasteiger partial charge in [0.15, 0.2) is 0 Å². The highest BCUT2D eigenvalue weighted by Crippen LogP contribution is 2.27. The fraction of sp³-hybridized carbons (Fsp3) is 0.667. The SMILES string of the molecule is Cc1cc(N)cnc1N(C)CCC1CCCCC1. The Hall–Kier alpha value is -1.25. The van der Waals surface area contributed by atoms with E-state index in [0.717, 1.165) is 24.0 Å². The highest BCUT2D eigenvalue weighted by Gasteiger charge is 2.15. The van der Waals surface area contributed by atoms with E-state index in [1.165, 1.54) is 44.1 Å². The number of hydrogen-bond donors (Lipinski definition) is 1. The van der Waals surface area contributed by atoms with Gasteiger partial charge in [0, 0.05) is 13.6 Å². The van der Waals surface area contributed by atoms with Gasteiger partial charge in [0.1, 0.15) is 5.82 Å². The van der Waals surface area contributed by atoms with Gasteiger partial charge in [-0.25, -0.2) is 4.98 Å². The lowest BCUT2D eigenvalue weighted by molar-refractivity contribution is 0.341. The third-order valence-electron chi connectivity index (χ3n) is 4.03. The summed E-state index contributed by atoms with van der Waals surface area (Å²) in [5.74, 6) is 2.00. The van der Waals surface area contributed by atoms with E-state index in [-0.39, 0.29) is 0 Å². The lowest BCUT2D eigenvalue weighted by atomic mass is 9.87. The molecule has 0 radical (unpaired) electrons. The normalized spacial score (nSPS) is 16.8. The first-order valence-corrected chi connectivity index (χ1v) is 7.10. The molecule has 1 fully saturated rings. The van der Waals surface area contributed by atoms with Crippen molar-refractivity contribution in [2.24, 2.45) is 5.92 Å². The first-order valence-electron chi connectivity index (χ1n) is 7.10. The maximum atomic E-state index is 5.74. The van der Waals surface area contributed by atoms with Gasteiger partial charge in [-0.05, 0) is 30.9 Å². The van der Waals surface area contributed by atoms with Crippen LogP contribution in [0.2, 0.25) is 0 Å². The van der Waals surface area contributed by atoms with Crippen LogP contribution in [-0.2, 0) is 0 Å². The molecule has 1 heterocycles. The monoisotopic (exact) mass is 247 g/mol. The van der Waals surface area contributed by atoms with Crippen molar-refractivity contribution < 1.29 is 0 Å². The first-order chi connectivity index (χ1) is 8.66. The molecule has 0 aliphatic heterocycles. The largest absolute Gasteiger partial charge is 0.397 e. The van der Waals surface area contributed by atoms with Crippen molar-refractivity contribution >= 4 is 11.5 Å². The van der Waals surface area contributed by atoms with Crippen LogP contribution in [0.5, 0.6) is 0 Å². The average molecular weight is 247 g/mol. The van der Waals surface area contributed by atoms with Crippen molar-refractivity contribution in [1.29, 1.82) is 0 Å². The number of aromatic nitrogens is 1. The molecule has 1 aliphatic carbocycles. The van der Waals surface area contributed by atoms with Crippen LogP contribution >= 0.6 is 0 Å². The van der Waals surface area contributed by atoms with Crippen LogP contribution < -0.4 is 10.6 Å². The maximum absolute atomic E-state index is 5.74. The zero-order chi connectivity index (χ0) is 13.0. The summed E-state index contributed by atoms with van der Waals surface area (Å²) in [5.41, 5.74) is 7.65. The average Bonchev–Trinajstić information content (AvgIpc) is 2.37. The molecule has 1 aliphatic rings. The third-order valence-corrected chi connectivity index (χ3v) is 4.03. The van der Waals surface area contributed by atoms with E-state index in [1.807, 2.05) is 6.07 Å². The Balaban J connectivity index is 1.88. The molecule has 1 aromatic rings. The number of pyridine rings is 1. The molecule has 18 heavy (non-hydrogen) atoms. The van der Waals surface area contributed by atoms with E-state index in [4.69, 9.17) is 5.73 Å². The summed E-state index contributed by atoms with van der Waals surface area (Å²) in [4.78, 5) is 6.71. The smallest absolute Gasteiger partial charge is 0.131 e. The summed E-state index contributed by atoms with van der Waals surface area (Å²) < 4.78 is 0. The molecule has 2 N–H and O–H groups in total. The van der Waals surface area contributed by atoms with Crippen LogP contribution in [0.1, 0.15) is 44.1 Å². The molecule has 3 heteroatoms. The van der Waals surface area contributed by atoms with Gasteiger partial charge in [0.25, 0.3) is 0 Å². The van der Waals surface area contributed by atoms with Gasteiger partial charge >= 0.3 is 0 Å². The molecule has 0 spiro atoms. The zero-order valence-corrected chi connectivity index (χ0v) is 11.7. The van der Waals surface area contributed by atoms with Gasteiger partial charge in [-0.15, -0.1) is 0 Å². The summed E-state index contributed by atoms with van der Waals surface area (Å²) in [5, 5.41) is 0. The molecular formula is C15H25N3. The predicted octanol–water partition coefficient (Wildman–Crippen LogP) is 3.38. The molecule has 0 atom stereocenters. The van der Waals surface area contributed by atoms with Crippen molar-refractivity contribution in [1.82, 2.24) is 4.98 Å². The number of nitrogen functional groups attached to an aromatic ring is 1. The Labute approximate surface area is 110 Å². The summed E-state index contributed by atoms with van der Waals surface area (Å²) in [6, 6.07) is 2.00. The number of hydrogen-bond acceptors (Lipinski definition) is 3. The molecule has 0 amide bonds. The Morgan fingerprint density at radius 1 is 1.33 bits per heavy atom. The van der Waals surface area contributed by atoms with E-state index < -0.39 is 0 Å². The minimum absolute atomic E-state index is 0.747.